The molecule has 0 amide bonds. The van der Waals surface area contributed by atoms with Crippen LogP contribution in [0.25, 0.3) is 10.9 Å². The van der Waals surface area contributed by atoms with Crippen LogP contribution in [0.2, 0.25) is 0 Å². The Kier molecular flexibility index (Phi) is 4.98. The van der Waals surface area contributed by atoms with Crippen molar-refractivity contribution in [3.63, 3.8) is 0 Å². The van der Waals surface area contributed by atoms with E-state index in [1.165, 1.54) is 54.3 Å². The molecule has 2 aromatic carbocycles. The molecule has 1 aliphatic heterocycles. The van der Waals surface area contributed by atoms with Gasteiger partial charge in [0.1, 0.15) is 0 Å². The average Bonchev–Trinajstić information content (AvgIpc) is 3.07. The lowest BCUT2D eigenvalue weighted by atomic mass is 9.99. The van der Waals surface area contributed by atoms with Gasteiger partial charge in [-0.3, -0.25) is 4.90 Å². The molecule has 2 heteroatoms. The summed E-state index contributed by atoms with van der Waals surface area (Å²) in [5.74, 6) is 0. The van der Waals surface area contributed by atoms with Gasteiger partial charge in [0.25, 0.3) is 0 Å². The first-order chi connectivity index (χ1) is 12.4. The Morgan fingerprint density at radius 3 is 2.60 bits per heavy atom. The number of H-pyrrole nitrogens is 1. The summed E-state index contributed by atoms with van der Waals surface area (Å²) in [5.41, 5.74) is 5.76. The summed E-state index contributed by atoms with van der Waals surface area (Å²) >= 11 is 0. The molecule has 0 bridgehead atoms. The zero-order valence-corrected chi connectivity index (χ0v) is 14.7. The van der Waals surface area contributed by atoms with Crippen molar-refractivity contribution in [3.8, 4) is 0 Å². The van der Waals surface area contributed by atoms with E-state index in [1.807, 2.05) is 0 Å². The van der Waals surface area contributed by atoms with Gasteiger partial charge in [0.15, 0.2) is 0 Å². The fourth-order valence-electron chi connectivity index (χ4n) is 3.79. The Labute approximate surface area is 150 Å². The normalized spacial score (nSPS) is 15.4. The van der Waals surface area contributed by atoms with Crippen LogP contribution >= 0.6 is 0 Å². The van der Waals surface area contributed by atoms with Crippen molar-refractivity contribution in [2.24, 2.45) is 0 Å². The Bertz CT molecular complexity index is 845. The summed E-state index contributed by atoms with van der Waals surface area (Å²) in [4.78, 5) is 5.94. The minimum absolute atomic E-state index is 1.04. The predicted octanol–water partition coefficient (Wildman–Crippen LogP) is 5.32. The molecule has 0 saturated carbocycles. The first kappa shape index (κ1) is 16.2. The number of para-hydroxylation sites is 1. The molecule has 2 heterocycles. The van der Waals surface area contributed by atoms with Crippen molar-refractivity contribution >= 4 is 10.9 Å². The highest BCUT2D eigenvalue weighted by Gasteiger charge is 2.13. The zero-order chi connectivity index (χ0) is 16.9. The third-order valence-electron chi connectivity index (χ3n) is 5.26. The van der Waals surface area contributed by atoms with Crippen molar-refractivity contribution in [1.29, 1.82) is 0 Å². The van der Waals surface area contributed by atoms with Gasteiger partial charge in [-0.05, 0) is 42.9 Å². The summed E-state index contributed by atoms with van der Waals surface area (Å²) in [7, 11) is 0. The molecular formula is C23H26N2. The number of aromatic nitrogens is 1. The van der Waals surface area contributed by atoms with E-state index in [2.05, 4.69) is 76.8 Å². The fraction of sp³-hybridized carbons (Fsp3) is 0.304. The zero-order valence-electron chi connectivity index (χ0n) is 14.7. The second-order valence-electron chi connectivity index (χ2n) is 7.05. The van der Waals surface area contributed by atoms with E-state index in [0.717, 1.165) is 13.1 Å². The number of rotatable bonds is 6. The monoisotopic (exact) mass is 330 g/mol. The fourth-order valence-corrected chi connectivity index (χ4v) is 3.79. The van der Waals surface area contributed by atoms with E-state index in [9.17, 15) is 0 Å². The Morgan fingerprint density at radius 2 is 1.76 bits per heavy atom. The largest absolute Gasteiger partial charge is 0.361 e. The third-order valence-corrected chi connectivity index (χ3v) is 5.26. The van der Waals surface area contributed by atoms with Crippen LogP contribution in [-0.2, 0) is 13.0 Å². The third kappa shape index (κ3) is 4.02. The van der Waals surface area contributed by atoms with Gasteiger partial charge in [0.05, 0.1) is 0 Å². The number of aryl methyl sites for hydroxylation is 1. The number of nitrogens with one attached hydrogen (secondary N) is 1. The Balaban J connectivity index is 1.28. The van der Waals surface area contributed by atoms with Crippen LogP contribution in [0.3, 0.4) is 0 Å². The molecule has 0 atom stereocenters. The lowest BCUT2D eigenvalue weighted by molar-refractivity contribution is 0.285. The SMILES string of the molecule is C1=C(CCCc2ccccc2)CCN(Cc2c[nH]c3ccccc23)C1. The quantitative estimate of drug-likeness (QED) is 0.606. The highest BCUT2D eigenvalue weighted by Crippen LogP contribution is 2.22. The molecule has 1 aliphatic rings. The van der Waals surface area contributed by atoms with Crippen molar-refractivity contribution in [2.45, 2.75) is 32.2 Å². The van der Waals surface area contributed by atoms with Crippen LogP contribution in [0, 0.1) is 0 Å². The molecule has 0 aliphatic carbocycles. The lowest BCUT2D eigenvalue weighted by Gasteiger charge is -2.26. The van der Waals surface area contributed by atoms with Crippen LogP contribution in [0.5, 0.6) is 0 Å². The molecule has 0 fully saturated rings. The van der Waals surface area contributed by atoms with Gasteiger partial charge in [-0.1, -0.05) is 60.2 Å². The molecule has 1 aromatic heterocycles. The van der Waals surface area contributed by atoms with Crippen molar-refractivity contribution < 1.29 is 0 Å². The van der Waals surface area contributed by atoms with Crippen LogP contribution in [0.4, 0.5) is 0 Å². The molecule has 3 aromatic rings. The number of hydrogen-bond donors (Lipinski definition) is 1. The van der Waals surface area contributed by atoms with Crippen LogP contribution in [0.1, 0.15) is 30.4 Å². The molecule has 0 radical (unpaired) electrons. The van der Waals surface area contributed by atoms with E-state index in [1.54, 1.807) is 5.57 Å². The maximum atomic E-state index is 3.39. The van der Waals surface area contributed by atoms with Crippen molar-refractivity contribution in [3.05, 3.63) is 83.6 Å². The van der Waals surface area contributed by atoms with Crippen LogP contribution in [0.15, 0.2) is 72.4 Å². The average molecular weight is 330 g/mol. The smallest absolute Gasteiger partial charge is 0.0457 e. The maximum absolute atomic E-state index is 3.39. The molecule has 2 nitrogen and oxygen atoms in total. The molecule has 1 N–H and O–H groups in total. The predicted molar refractivity (Wildman–Crippen MR) is 106 cm³/mol. The topological polar surface area (TPSA) is 19.0 Å². The van der Waals surface area contributed by atoms with Gasteiger partial charge in [-0.2, -0.15) is 0 Å². The highest BCUT2D eigenvalue weighted by molar-refractivity contribution is 5.82. The minimum atomic E-state index is 1.04. The Morgan fingerprint density at radius 1 is 0.920 bits per heavy atom. The van der Waals surface area contributed by atoms with Crippen molar-refractivity contribution in [1.82, 2.24) is 9.88 Å². The van der Waals surface area contributed by atoms with E-state index in [-0.39, 0.29) is 0 Å². The molecule has 0 unspecified atom stereocenters. The molecule has 128 valence electrons. The summed E-state index contributed by atoms with van der Waals surface area (Å²) < 4.78 is 0. The van der Waals surface area contributed by atoms with Gasteiger partial charge < -0.3 is 4.98 Å². The van der Waals surface area contributed by atoms with Crippen LogP contribution in [-0.4, -0.2) is 23.0 Å². The molecule has 0 spiro atoms. The maximum Gasteiger partial charge on any atom is 0.0457 e. The number of hydrogen-bond acceptors (Lipinski definition) is 1. The molecule has 0 saturated heterocycles. The molecular weight excluding hydrogens is 304 g/mol. The second kappa shape index (κ2) is 7.71. The van der Waals surface area contributed by atoms with Gasteiger partial charge in [0.2, 0.25) is 0 Å². The minimum Gasteiger partial charge on any atom is -0.361 e. The van der Waals surface area contributed by atoms with E-state index >= 15 is 0 Å². The van der Waals surface area contributed by atoms with E-state index in [4.69, 9.17) is 0 Å². The summed E-state index contributed by atoms with van der Waals surface area (Å²) in [6.07, 6.45) is 9.55. The van der Waals surface area contributed by atoms with Gasteiger partial charge in [-0.15, -0.1) is 0 Å². The van der Waals surface area contributed by atoms with Crippen molar-refractivity contribution in [2.75, 3.05) is 13.1 Å². The number of nitrogens with zero attached hydrogens (tertiary/aromatic N) is 1. The number of fused-ring (bicyclic) bond motifs is 1. The standard InChI is InChI=1S/C23H26N2/c1-2-7-19(8-3-1)9-6-10-20-13-15-25(16-14-20)18-21-17-24-23-12-5-4-11-22(21)23/h1-5,7-8,11-13,17,24H,6,9-10,14-16,18H2. The van der Waals surface area contributed by atoms with E-state index < -0.39 is 0 Å². The highest BCUT2D eigenvalue weighted by atomic mass is 15.1. The van der Waals surface area contributed by atoms with E-state index in [0.29, 0.717) is 0 Å². The van der Waals surface area contributed by atoms with Gasteiger partial charge >= 0.3 is 0 Å². The van der Waals surface area contributed by atoms with Gasteiger partial charge in [0, 0.05) is 36.7 Å². The molecule has 4 rings (SSSR count). The summed E-state index contributed by atoms with van der Waals surface area (Å²) in [6, 6.07) is 19.4. The first-order valence-corrected chi connectivity index (χ1v) is 9.38. The Hall–Kier alpha value is -2.32. The summed E-state index contributed by atoms with van der Waals surface area (Å²) in [6.45, 7) is 3.30. The molecule has 25 heavy (non-hydrogen) atoms. The second-order valence-corrected chi connectivity index (χ2v) is 7.05. The summed E-state index contributed by atoms with van der Waals surface area (Å²) in [5, 5.41) is 1.36. The lowest BCUT2D eigenvalue weighted by Crippen LogP contribution is -2.28. The number of benzene rings is 2. The first-order valence-electron chi connectivity index (χ1n) is 9.38. The number of aromatic amines is 1. The van der Waals surface area contributed by atoms with Gasteiger partial charge in [-0.25, -0.2) is 0 Å². The van der Waals surface area contributed by atoms with Crippen LogP contribution < -0.4 is 0 Å².